The van der Waals surface area contributed by atoms with E-state index in [9.17, 15) is 0 Å². The van der Waals surface area contributed by atoms with Gasteiger partial charge in [-0.1, -0.05) is 47.1 Å². The molecule has 2 aromatic rings. The summed E-state index contributed by atoms with van der Waals surface area (Å²) in [5, 5.41) is 0. The molecule has 0 aliphatic carbocycles. The van der Waals surface area contributed by atoms with Crippen molar-refractivity contribution in [3.05, 3.63) is 59.1 Å². The first-order valence-corrected chi connectivity index (χ1v) is 6.68. The summed E-state index contributed by atoms with van der Waals surface area (Å²) in [7, 11) is 0. The highest BCUT2D eigenvalue weighted by Crippen LogP contribution is 2.27. The van der Waals surface area contributed by atoms with Crippen LogP contribution in [-0.2, 0) is 0 Å². The lowest BCUT2D eigenvalue weighted by atomic mass is 10.2. The van der Waals surface area contributed by atoms with Crippen LogP contribution in [0.5, 0.6) is 0 Å². The van der Waals surface area contributed by atoms with Crippen LogP contribution in [0.15, 0.2) is 59.1 Å². The fourth-order valence-electron chi connectivity index (χ4n) is 1.88. The van der Waals surface area contributed by atoms with Gasteiger partial charge in [-0.05, 0) is 36.8 Å². The zero-order chi connectivity index (χ0) is 12.1. The molecule has 0 N–H and O–H groups in total. The minimum Gasteiger partial charge on any atom is -0.341 e. The second-order valence-corrected chi connectivity index (χ2v) is 4.88. The van der Waals surface area contributed by atoms with Crippen LogP contribution >= 0.6 is 15.9 Å². The lowest BCUT2D eigenvalue weighted by Crippen LogP contribution is -2.17. The zero-order valence-corrected chi connectivity index (χ0v) is 11.5. The molecule has 0 atom stereocenters. The number of benzene rings is 2. The van der Waals surface area contributed by atoms with Gasteiger partial charge in [0.05, 0.1) is 0 Å². The first-order chi connectivity index (χ1) is 8.31. The third-order valence-corrected chi connectivity index (χ3v) is 3.13. The van der Waals surface area contributed by atoms with Crippen LogP contribution in [0.2, 0.25) is 0 Å². The van der Waals surface area contributed by atoms with Gasteiger partial charge in [-0.3, -0.25) is 0 Å². The van der Waals surface area contributed by atoms with E-state index >= 15 is 0 Å². The summed E-state index contributed by atoms with van der Waals surface area (Å²) >= 11 is 3.53. The highest BCUT2D eigenvalue weighted by atomic mass is 79.9. The van der Waals surface area contributed by atoms with Gasteiger partial charge < -0.3 is 4.90 Å². The van der Waals surface area contributed by atoms with E-state index < -0.39 is 0 Å². The van der Waals surface area contributed by atoms with Crippen LogP contribution in [0.4, 0.5) is 11.4 Å². The molecule has 0 aliphatic rings. The molecule has 0 aromatic heterocycles. The average Bonchev–Trinajstić information content (AvgIpc) is 2.37. The smallest absolute Gasteiger partial charge is 0.0422 e. The number of halogens is 1. The molecule has 0 spiro atoms. The van der Waals surface area contributed by atoms with Crippen LogP contribution in [0.1, 0.15) is 13.3 Å². The average molecular weight is 290 g/mol. The second-order valence-electron chi connectivity index (χ2n) is 3.97. The Bertz CT molecular complexity index is 467. The Morgan fingerprint density at radius 2 is 1.65 bits per heavy atom. The first-order valence-electron chi connectivity index (χ1n) is 5.89. The Kier molecular flexibility index (Phi) is 4.21. The summed E-state index contributed by atoms with van der Waals surface area (Å²) in [5.74, 6) is 0. The van der Waals surface area contributed by atoms with Gasteiger partial charge in [0.25, 0.3) is 0 Å². The Morgan fingerprint density at radius 1 is 0.941 bits per heavy atom. The molecule has 0 amide bonds. The van der Waals surface area contributed by atoms with Gasteiger partial charge in [0.2, 0.25) is 0 Å². The zero-order valence-electron chi connectivity index (χ0n) is 9.94. The molecular formula is C15H16BrN. The van der Waals surface area contributed by atoms with E-state index in [1.807, 2.05) is 0 Å². The molecule has 88 valence electrons. The highest BCUT2D eigenvalue weighted by molar-refractivity contribution is 9.10. The van der Waals surface area contributed by atoms with Gasteiger partial charge in [-0.2, -0.15) is 0 Å². The van der Waals surface area contributed by atoms with Crippen LogP contribution < -0.4 is 4.90 Å². The van der Waals surface area contributed by atoms with Crippen molar-refractivity contribution in [2.75, 3.05) is 11.4 Å². The van der Waals surface area contributed by atoms with E-state index in [0.29, 0.717) is 0 Å². The third-order valence-electron chi connectivity index (χ3n) is 2.63. The molecule has 2 heteroatoms. The molecule has 0 unspecified atom stereocenters. The maximum absolute atomic E-state index is 3.53. The summed E-state index contributed by atoms with van der Waals surface area (Å²) in [6, 6.07) is 18.9. The van der Waals surface area contributed by atoms with Crippen molar-refractivity contribution in [3.8, 4) is 0 Å². The number of hydrogen-bond acceptors (Lipinski definition) is 1. The molecule has 0 heterocycles. The Labute approximate surface area is 111 Å². The fourth-order valence-corrected chi connectivity index (χ4v) is 2.27. The van der Waals surface area contributed by atoms with Crippen molar-refractivity contribution in [2.24, 2.45) is 0 Å². The van der Waals surface area contributed by atoms with Crippen molar-refractivity contribution in [1.29, 1.82) is 0 Å². The monoisotopic (exact) mass is 289 g/mol. The maximum Gasteiger partial charge on any atom is 0.0422 e. The second kappa shape index (κ2) is 5.87. The first kappa shape index (κ1) is 12.2. The Morgan fingerprint density at radius 3 is 2.29 bits per heavy atom. The number of nitrogens with zero attached hydrogens (tertiary/aromatic N) is 1. The third kappa shape index (κ3) is 3.10. The molecule has 0 fully saturated rings. The molecule has 2 rings (SSSR count). The Hall–Kier alpha value is -1.28. The van der Waals surface area contributed by atoms with E-state index in [-0.39, 0.29) is 0 Å². The summed E-state index contributed by atoms with van der Waals surface area (Å²) in [6.07, 6.45) is 1.13. The van der Waals surface area contributed by atoms with Gasteiger partial charge in [-0.15, -0.1) is 0 Å². The molecule has 0 bridgehead atoms. The summed E-state index contributed by atoms with van der Waals surface area (Å²) < 4.78 is 1.12. The highest BCUT2D eigenvalue weighted by Gasteiger charge is 2.07. The number of rotatable bonds is 4. The van der Waals surface area contributed by atoms with Crippen molar-refractivity contribution in [2.45, 2.75) is 13.3 Å². The van der Waals surface area contributed by atoms with Crippen molar-refractivity contribution >= 4 is 27.3 Å². The summed E-state index contributed by atoms with van der Waals surface area (Å²) in [4.78, 5) is 2.34. The van der Waals surface area contributed by atoms with E-state index in [1.54, 1.807) is 0 Å². The van der Waals surface area contributed by atoms with Gasteiger partial charge in [0, 0.05) is 22.4 Å². The minimum absolute atomic E-state index is 1.03. The van der Waals surface area contributed by atoms with Crippen LogP contribution in [0, 0.1) is 0 Å². The van der Waals surface area contributed by atoms with E-state index in [1.165, 1.54) is 11.4 Å². The largest absolute Gasteiger partial charge is 0.341 e. The van der Waals surface area contributed by atoms with E-state index in [2.05, 4.69) is 82.4 Å². The maximum atomic E-state index is 3.53. The summed E-state index contributed by atoms with van der Waals surface area (Å²) in [5.41, 5.74) is 2.47. The van der Waals surface area contributed by atoms with Crippen molar-refractivity contribution < 1.29 is 0 Å². The van der Waals surface area contributed by atoms with Crippen molar-refractivity contribution in [3.63, 3.8) is 0 Å². The fraction of sp³-hybridized carbons (Fsp3) is 0.200. The standard InChI is InChI=1S/C15H16BrN/c1-2-11-17(14-8-4-3-5-9-14)15-10-6-7-13(16)12-15/h3-10,12H,2,11H2,1H3. The van der Waals surface area contributed by atoms with Gasteiger partial charge in [-0.25, -0.2) is 0 Å². The molecule has 0 radical (unpaired) electrons. The minimum atomic E-state index is 1.03. The predicted molar refractivity (Wildman–Crippen MR) is 77.9 cm³/mol. The molecule has 0 aliphatic heterocycles. The summed E-state index contributed by atoms with van der Waals surface area (Å²) in [6.45, 7) is 3.23. The molecule has 0 saturated heterocycles. The van der Waals surface area contributed by atoms with Crippen LogP contribution in [0.25, 0.3) is 0 Å². The molecular weight excluding hydrogens is 274 g/mol. The normalized spacial score (nSPS) is 10.2. The number of hydrogen-bond donors (Lipinski definition) is 0. The van der Waals surface area contributed by atoms with E-state index in [4.69, 9.17) is 0 Å². The molecule has 17 heavy (non-hydrogen) atoms. The number of anilines is 2. The molecule has 0 saturated carbocycles. The molecule has 2 aromatic carbocycles. The lowest BCUT2D eigenvalue weighted by molar-refractivity contribution is 0.885. The lowest BCUT2D eigenvalue weighted by Gasteiger charge is -2.24. The quantitative estimate of drug-likeness (QED) is 0.766. The van der Waals surface area contributed by atoms with Crippen LogP contribution in [-0.4, -0.2) is 6.54 Å². The van der Waals surface area contributed by atoms with Crippen molar-refractivity contribution in [1.82, 2.24) is 0 Å². The van der Waals surface area contributed by atoms with Gasteiger partial charge in [0.15, 0.2) is 0 Å². The van der Waals surface area contributed by atoms with E-state index in [0.717, 1.165) is 17.4 Å². The van der Waals surface area contributed by atoms with Gasteiger partial charge in [0.1, 0.15) is 0 Å². The predicted octanol–water partition coefficient (Wildman–Crippen LogP) is 5.00. The van der Waals surface area contributed by atoms with Crippen LogP contribution in [0.3, 0.4) is 0 Å². The molecule has 1 nitrogen and oxygen atoms in total. The number of para-hydroxylation sites is 1. The topological polar surface area (TPSA) is 3.24 Å². The van der Waals surface area contributed by atoms with Gasteiger partial charge >= 0.3 is 0 Å². The Balaban J connectivity index is 2.35. The SMILES string of the molecule is CCCN(c1ccccc1)c1cccc(Br)c1.